The largest absolute Gasteiger partial charge is 0.462 e. The summed E-state index contributed by atoms with van der Waals surface area (Å²) in [5.41, 5.74) is 0.243. The molecule has 0 amide bonds. The normalized spacial score (nSPS) is 53.4. The van der Waals surface area contributed by atoms with Crippen molar-refractivity contribution in [3.8, 4) is 0 Å². The first kappa shape index (κ1) is 20.0. The summed E-state index contributed by atoms with van der Waals surface area (Å²) < 4.78 is 12.7. The maximum Gasteiger partial charge on any atom is 0.315 e. The molecule has 0 unspecified atom stereocenters. The van der Waals surface area contributed by atoms with Crippen molar-refractivity contribution in [2.75, 3.05) is 32.7 Å². The van der Waals surface area contributed by atoms with Crippen LogP contribution in [0.1, 0.15) is 71.6 Å². The van der Waals surface area contributed by atoms with E-state index in [1.165, 1.54) is 77.5 Å². The molecule has 0 aromatic rings. The van der Waals surface area contributed by atoms with Crippen LogP contribution in [0, 0.1) is 23.2 Å². The van der Waals surface area contributed by atoms with E-state index in [1.54, 1.807) is 4.90 Å². The first-order chi connectivity index (χ1) is 14.5. The van der Waals surface area contributed by atoms with E-state index < -0.39 is 0 Å². The molecule has 6 rings (SSSR count). The standard InChI is InChI=1S/C25H40N2O3/c1-17-7-6-10-24(2)15-20-21(22-25(17,24)30-22)19(23(28)29-20)16-26-13-8-18(9-14-26)27-11-4-3-5-12-27/h17-22H,3-16H2,1-2H3/p+2/t17-,19+,20+,21+,22+,24+,25+/m0/s1. The highest BCUT2D eigenvalue weighted by Gasteiger charge is 2.78. The van der Waals surface area contributed by atoms with Crippen LogP contribution in [0.15, 0.2) is 0 Å². The van der Waals surface area contributed by atoms with Crippen LogP contribution >= 0.6 is 0 Å². The molecular weight excluding hydrogens is 376 g/mol. The second kappa shape index (κ2) is 7.18. The number of carbonyl (C=O) groups excluding carboxylic acids is 1. The highest BCUT2D eigenvalue weighted by Crippen LogP contribution is 2.70. The molecule has 30 heavy (non-hydrogen) atoms. The van der Waals surface area contributed by atoms with Crippen molar-refractivity contribution < 1.29 is 24.1 Å². The number of hydrogen-bond acceptors (Lipinski definition) is 3. The lowest BCUT2D eigenvalue weighted by molar-refractivity contribution is -0.961. The Balaban J connectivity index is 1.12. The summed E-state index contributed by atoms with van der Waals surface area (Å²) in [6.07, 6.45) is 12.1. The quantitative estimate of drug-likeness (QED) is 0.522. The van der Waals surface area contributed by atoms with Crippen LogP contribution in [-0.2, 0) is 14.3 Å². The molecule has 168 valence electrons. The van der Waals surface area contributed by atoms with Crippen molar-refractivity contribution in [2.24, 2.45) is 23.2 Å². The summed E-state index contributed by atoms with van der Waals surface area (Å²) in [4.78, 5) is 16.5. The van der Waals surface area contributed by atoms with E-state index in [0.29, 0.717) is 11.8 Å². The Hall–Kier alpha value is -0.650. The molecule has 1 spiro atoms. The van der Waals surface area contributed by atoms with E-state index in [1.807, 2.05) is 4.90 Å². The molecule has 0 bridgehead atoms. The van der Waals surface area contributed by atoms with E-state index in [2.05, 4.69) is 13.8 Å². The molecule has 4 saturated heterocycles. The van der Waals surface area contributed by atoms with Crippen LogP contribution in [0.25, 0.3) is 0 Å². The highest BCUT2D eigenvalue weighted by molar-refractivity contribution is 5.76. The number of hydrogen-bond donors (Lipinski definition) is 2. The van der Waals surface area contributed by atoms with Crippen LogP contribution < -0.4 is 9.80 Å². The lowest BCUT2D eigenvalue weighted by atomic mass is 9.53. The zero-order valence-electron chi connectivity index (χ0n) is 19.1. The van der Waals surface area contributed by atoms with E-state index in [9.17, 15) is 4.79 Å². The van der Waals surface area contributed by atoms with Gasteiger partial charge >= 0.3 is 5.97 Å². The van der Waals surface area contributed by atoms with Gasteiger partial charge in [-0.25, -0.2) is 0 Å². The first-order valence-electron chi connectivity index (χ1n) is 13.1. The van der Waals surface area contributed by atoms with Gasteiger partial charge in [0.15, 0.2) is 0 Å². The monoisotopic (exact) mass is 418 g/mol. The van der Waals surface area contributed by atoms with Crippen molar-refractivity contribution in [3.63, 3.8) is 0 Å². The van der Waals surface area contributed by atoms with Crippen LogP contribution in [0.3, 0.4) is 0 Å². The summed E-state index contributed by atoms with van der Waals surface area (Å²) in [5, 5.41) is 0. The van der Waals surface area contributed by atoms with Gasteiger partial charge in [-0.15, -0.1) is 0 Å². The Kier molecular flexibility index (Phi) is 4.78. The molecule has 0 aromatic heterocycles. The van der Waals surface area contributed by atoms with Gasteiger partial charge < -0.3 is 19.3 Å². The number of ether oxygens (including phenoxy) is 2. The van der Waals surface area contributed by atoms with Crippen molar-refractivity contribution in [1.82, 2.24) is 0 Å². The van der Waals surface area contributed by atoms with Crippen molar-refractivity contribution in [2.45, 2.75) is 95.5 Å². The summed E-state index contributed by atoms with van der Waals surface area (Å²) in [6, 6.07) is 0.867. The lowest BCUT2D eigenvalue weighted by Gasteiger charge is -2.48. The molecule has 4 aliphatic heterocycles. The van der Waals surface area contributed by atoms with Crippen LogP contribution in [0.4, 0.5) is 0 Å². The van der Waals surface area contributed by atoms with Gasteiger partial charge in [-0.3, -0.25) is 4.79 Å². The molecule has 2 saturated carbocycles. The number of quaternary nitrogens is 2. The SMILES string of the molecule is C[C@H]1CCC[C@]2(C)C[C@H]3OC(=O)[C@H](C[NH+]4CCC([NH+]5CCCCC5)CC4)[C@H]3[C@H]3O[C@@]312. The van der Waals surface area contributed by atoms with Gasteiger partial charge in [-0.05, 0) is 44.4 Å². The third kappa shape index (κ3) is 2.87. The molecule has 5 heteroatoms. The molecule has 6 aliphatic rings. The molecule has 7 atom stereocenters. The molecule has 6 fully saturated rings. The average molecular weight is 419 g/mol. The number of likely N-dealkylation sites (tertiary alicyclic amines) is 2. The third-order valence-corrected chi connectivity index (χ3v) is 10.5. The van der Waals surface area contributed by atoms with Crippen molar-refractivity contribution in [3.05, 3.63) is 0 Å². The summed E-state index contributed by atoms with van der Waals surface area (Å²) >= 11 is 0. The molecule has 2 aliphatic carbocycles. The molecule has 0 radical (unpaired) electrons. The molecule has 4 heterocycles. The molecular formula is C25H42N2O3+2. The fourth-order valence-electron chi connectivity index (χ4n) is 8.83. The van der Waals surface area contributed by atoms with Crippen LogP contribution in [0.5, 0.6) is 0 Å². The van der Waals surface area contributed by atoms with E-state index in [-0.39, 0.29) is 35.1 Å². The maximum atomic E-state index is 13.0. The Bertz CT molecular complexity index is 686. The van der Waals surface area contributed by atoms with Gasteiger partial charge in [0.1, 0.15) is 17.6 Å². The Morgan fingerprint density at radius 3 is 2.57 bits per heavy atom. The van der Waals surface area contributed by atoms with Gasteiger partial charge in [-0.1, -0.05) is 20.3 Å². The first-order valence-corrected chi connectivity index (χ1v) is 13.1. The number of carbonyl (C=O) groups is 1. The predicted molar refractivity (Wildman–Crippen MR) is 113 cm³/mol. The Morgan fingerprint density at radius 1 is 1.03 bits per heavy atom. The number of esters is 1. The summed E-state index contributed by atoms with van der Waals surface area (Å²) in [6.45, 7) is 11.0. The maximum absolute atomic E-state index is 13.0. The zero-order valence-corrected chi connectivity index (χ0v) is 19.1. The number of epoxide rings is 1. The van der Waals surface area contributed by atoms with Gasteiger partial charge in [0.2, 0.25) is 0 Å². The number of piperidine rings is 2. The Morgan fingerprint density at radius 2 is 1.80 bits per heavy atom. The van der Waals surface area contributed by atoms with E-state index >= 15 is 0 Å². The number of fused-ring (bicyclic) bond motifs is 2. The number of nitrogens with one attached hydrogen (secondary N) is 2. The van der Waals surface area contributed by atoms with E-state index in [4.69, 9.17) is 9.47 Å². The predicted octanol–water partition coefficient (Wildman–Crippen LogP) is 0.628. The van der Waals surface area contributed by atoms with Crippen molar-refractivity contribution in [1.29, 1.82) is 0 Å². The Labute approximate surface area is 181 Å². The van der Waals surface area contributed by atoms with E-state index in [0.717, 1.165) is 19.0 Å². The zero-order chi connectivity index (χ0) is 20.5. The fraction of sp³-hybridized carbons (Fsp3) is 0.960. The molecule has 0 aromatic carbocycles. The van der Waals surface area contributed by atoms with Gasteiger partial charge in [0.05, 0.1) is 44.9 Å². The lowest BCUT2D eigenvalue weighted by Crippen LogP contribution is -3.21. The topological polar surface area (TPSA) is 47.7 Å². The smallest absolute Gasteiger partial charge is 0.315 e. The summed E-state index contributed by atoms with van der Waals surface area (Å²) in [7, 11) is 0. The molecule has 5 nitrogen and oxygen atoms in total. The second-order valence-corrected chi connectivity index (χ2v) is 12.0. The van der Waals surface area contributed by atoms with Gasteiger partial charge in [0, 0.05) is 24.2 Å². The van der Waals surface area contributed by atoms with Crippen LogP contribution in [0.2, 0.25) is 0 Å². The minimum atomic E-state index is 0.0403. The molecule has 2 N–H and O–H groups in total. The van der Waals surface area contributed by atoms with Gasteiger partial charge in [0.25, 0.3) is 0 Å². The fourth-order valence-corrected chi connectivity index (χ4v) is 8.83. The second-order valence-electron chi connectivity index (χ2n) is 12.0. The van der Waals surface area contributed by atoms with Crippen LogP contribution in [-0.4, -0.2) is 62.5 Å². The number of rotatable bonds is 3. The minimum absolute atomic E-state index is 0.0403. The summed E-state index contributed by atoms with van der Waals surface area (Å²) in [5.74, 6) is 1.08. The highest BCUT2D eigenvalue weighted by atomic mass is 16.6. The third-order valence-electron chi connectivity index (χ3n) is 10.5. The van der Waals surface area contributed by atoms with Crippen molar-refractivity contribution >= 4 is 5.97 Å². The van der Waals surface area contributed by atoms with Gasteiger partial charge in [-0.2, -0.15) is 0 Å². The average Bonchev–Trinajstić information content (AvgIpc) is 3.44. The minimum Gasteiger partial charge on any atom is -0.462 e.